The lowest BCUT2D eigenvalue weighted by Crippen LogP contribution is -2.07. The third kappa shape index (κ3) is 5.08. The lowest BCUT2D eigenvalue weighted by atomic mass is 9.99. The van der Waals surface area contributed by atoms with Gasteiger partial charge in [0.05, 0.1) is 55.7 Å². The highest BCUT2D eigenvalue weighted by Gasteiger charge is 2.24. The average Bonchev–Trinajstić information content (AvgIpc) is 3.96. The average molecular weight is 778 g/mol. The van der Waals surface area contributed by atoms with Gasteiger partial charge in [-0.25, -0.2) is 9.97 Å². The zero-order chi connectivity index (χ0) is 40.6. The monoisotopic (exact) mass is 777 g/mol. The summed E-state index contributed by atoms with van der Waals surface area (Å²) in [5.74, 6) is 0.438. The Bertz CT molecular complexity index is 3790. The molecule has 0 fully saturated rings. The molecule has 12 aromatic rings. The highest BCUT2D eigenvalue weighted by molar-refractivity contribution is 6.19. The van der Waals surface area contributed by atoms with E-state index in [1.54, 1.807) is 0 Å². The second-order valence-electron chi connectivity index (χ2n) is 15.2. The number of benzene rings is 8. The van der Waals surface area contributed by atoms with Gasteiger partial charge in [-0.05, 0) is 60.7 Å². The molecular weight excluding hydrogens is 747 g/mol. The predicted molar refractivity (Wildman–Crippen MR) is 245 cm³/mol. The highest BCUT2D eigenvalue weighted by atomic mass is 15.2. The molecule has 0 amide bonds. The minimum absolute atomic E-state index is 0.334. The summed E-state index contributed by atoms with van der Waals surface area (Å²) in [6.45, 7) is 0. The Morgan fingerprint density at radius 1 is 0.361 bits per heavy atom. The summed E-state index contributed by atoms with van der Waals surface area (Å²) in [5.41, 5.74) is 11.1. The third-order valence-electron chi connectivity index (χ3n) is 11.9. The summed E-state index contributed by atoms with van der Waals surface area (Å²) >= 11 is 0. The molecule has 8 aromatic carbocycles. The smallest absolute Gasteiger partial charge is 0.235 e. The summed E-state index contributed by atoms with van der Waals surface area (Å²) in [6, 6.07) is 68.9. The largest absolute Gasteiger partial charge is 0.309 e. The lowest BCUT2D eigenvalue weighted by Gasteiger charge is -2.15. The van der Waals surface area contributed by atoms with Gasteiger partial charge in [-0.1, -0.05) is 127 Å². The van der Waals surface area contributed by atoms with Crippen LogP contribution in [0.2, 0.25) is 0 Å². The van der Waals surface area contributed by atoms with Gasteiger partial charge in [-0.2, -0.15) is 10.5 Å². The zero-order valence-corrected chi connectivity index (χ0v) is 32.5. The van der Waals surface area contributed by atoms with Crippen LogP contribution in [-0.2, 0) is 0 Å². The van der Waals surface area contributed by atoms with Gasteiger partial charge in [0.25, 0.3) is 0 Å². The molecule has 0 atom stereocenters. The zero-order valence-electron chi connectivity index (χ0n) is 32.5. The molecule has 0 saturated heterocycles. The van der Waals surface area contributed by atoms with E-state index >= 15 is 0 Å². The molecule has 0 spiro atoms. The molecule has 61 heavy (non-hydrogen) atoms. The Balaban J connectivity index is 1.12. The van der Waals surface area contributed by atoms with Crippen molar-refractivity contribution in [2.24, 2.45) is 0 Å². The van der Waals surface area contributed by atoms with Crippen LogP contribution in [0.25, 0.3) is 105 Å². The molecule has 282 valence electrons. The Morgan fingerprint density at radius 2 is 0.836 bits per heavy atom. The van der Waals surface area contributed by atoms with E-state index in [4.69, 9.17) is 9.97 Å². The number of nitriles is 2. The maximum absolute atomic E-state index is 11.0. The van der Waals surface area contributed by atoms with Crippen LogP contribution >= 0.6 is 0 Å². The summed E-state index contributed by atoms with van der Waals surface area (Å²) in [4.78, 5) is 10.4. The van der Waals surface area contributed by atoms with Crippen molar-refractivity contribution in [2.45, 2.75) is 0 Å². The Hall–Kier alpha value is -8.78. The fourth-order valence-corrected chi connectivity index (χ4v) is 9.32. The first-order valence-electron chi connectivity index (χ1n) is 20.1. The van der Waals surface area contributed by atoms with Crippen LogP contribution in [0.5, 0.6) is 0 Å². The van der Waals surface area contributed by atoms with Crippen molar-refractivity contribution in [3.05, 3.63) is 199 Å². The van der Waals surface area contributed by atoms with Crippen LogP contribution in [0.3, 0.4) is 0 Å². The molecule has 0 saturated carbocycles. The van der Waals surface area contributed by atoms with E-state index in [2.05, 4.69) is 129 Å². The number of nitrogens with zero attached hydrogens (tertiary/aromatic N) is 7. The van der Waals surface area contributed by atoms with E-state index in [1.165, 1.54) is 5.39 Å². The van der Waals surface area contributed by atoms with Crippen molar-refractivity contribution < 1.29 is 0 Å². The SMILES string of the molecule is N#Cc1cc(-c2nc(-n3c4ccccc4c4ccccc43)nc(-c3ccccc3)c2C#N)ccc1-n1c2ccccc2c2cc3c4ccccc4n(-c4ccccc4)c3cc21. The minimum atomic E-state index is 0.334. The number of aromatic nitrogens is 5. The molecule has 12 rings (SSSR count). The van der Waals surface area contributed by atoms with Crippen molar-refractivity contribution in [3.63, 3.8) is 0 Å². The molecule has 0 bridgehead atoms. The Morgan fingerprint density at radius 3 is 1.41 bits per heavy atom. The van der Waals surface area contributed by atoms with E-state index in [-0.39, 0.29) is 0 Å². The molecule has 0 aliphatic rings. The van der Waals surface area contributed by atoms with Crippen LogP contribution in [0.4, 0.5) is 0 Å². The van der Waals surface area contributed by atoms with Crippen molar-refractivity contribution in [1.29, 1.82) is 10.5 Å². The van der Waals surface area contributed by atoms with E-state index in [0.29, 0.717) is 34.0 Å². The second-order valence-corrected chi connectivity index (χ2v) is 15.2. The Labute approximate surface area is 349 Å². The van der Waals surface area contributed by atoms with Gasteiger partial charge in [-0.3, -0.25) is 4.57 Å². The quantitative estimate of drug-likeness (QED) is 0.174. The van der Waals surface area contributed by atoms with Crippen LogP contribution in [0.15, 0.2) is 188 Å². The molecule has 4 heterocycles. The molecule has 0 radical (unpaired) electrons. The van der Waals surface area contributed by atoms with Crippen LogP contribution < -0.4 is 0 Å². The van der Waals surface area contributed by atoms with E-state index in [9.17, 15) is 10.5 Å². The van der Waals surface area contributed by atoms with Gasteiger partial charge in [-0.15, -0.1) is 0 Å². The molecule has 0 N–H and O–H groups in total. The van der Waals surface area contributed by atoms with Crippen molar-refractivity contribution >= 4 is 65.4 Å². The minimum Gasteiger partial charge on any atom is -0.309 e. The van der Waals surface area contributed by atoms with Gasteiger partial charge in [0.2, 0.25) is 5.95 Å². The molecule has 7 heteroatoms. The number of hydrogen-bond acceptors (Lipinski definition) is 4. The van der Waals surface area contributed by atoms with Crippen molar-refractivity contribution in [3.8, 4) is 52.0 Å². The van der Waals surface area contributed by atoms with Crippen molar-refractivity contribution in [1.82, 2.24) is 23.7 Å². The maximum Gasteiger partial charge on any atom is 0.235 e. The number of fused-ring (bicyclic) bond motifs is 9. The predicted octanol–water partition coefficient (Wildman–Crippen LogP) is 12.8. The Kier molecular flexibility index (Phi) is 7.52. The first kappa shape index (κ1) is 34.3. The van der Waals surface area contributed by atoms with Crippen LogP contribution in [0.1, 0.15) is 11.1 Å². The van der Waals surface area contributed by atoms with Gasteiger partial charge in [0.15, 0.2) is 0 Å². The number of rotatable bonds is 5. The van der Waals surface area contributed by atoms with Crippen molar-refractivity contribution in [2.75, 3.05) is 0 Å². The lowest BCUT2D eigenvalue weighted by molar-refractivity contribution is 0.991. The molecule has 4 aromatic heterocycles. The van der Waals surface area contributed by atoms with Gasteiger partial charge in [0.1, 0.15) is 17.7 Å². The molecule has 7 nitrogen and oxygen atoms in total. The maximum atomic E-state index is 11.0. The normalized spacial score (nSPS) is 11.6. The number of hydrogen-bond donors (Lipinski definition) is 0. The molecule has 0 unspecified atom stereocenters. The van der Waals surface area contributed by atoms with Crippen LogP contribution in [0, 0.1) is 22.7 Å². The van der Waals surface area contributed by atoms with E-state index in [0.717, 1.165) is 77.0 Å². The fourth-order valence-electron chi connectivity index (χ4n) is 9.32. The van der Waals surface area contributed by atoms with E-state index in [1.807, 2.05) is 84.9 Å². The molecular formula is C54H31N7. The third-order valence-corrected chi connectivity index (χ3v) is 11.9. The molecule has 0 aliphatic heterocycles. The van der Waals surface area contributed by atoms with Gasteiger partial charge < -0.3 is 9.13 Å². The van der Waals surface area contributed by atoms with E-state index < -0.39 is 0 Å². The first-order valence-corrected chi connectivity index (χ1v) is 20.1. The van der Waals surface area contributed by atoms with Gasteiger partial charge >= 0.3 is 0 Å². The summed E-state index contributed by atoms with van der Waals surface area (Å²) < 4.78 is 6.58. The summed E-state index contributed by atoms with van der Waals surface area (Å²) in [5, 5.41) is 28.6. The fraction of sp³-hybridized carbons (Fsp3) is 0. The second kappa shape index (κ2) is 13.4. The standard InChI is InChI=1S/C54H31N7/c55-32-36-29-35(53-44(33-56)52(34-15-3-1-4-16-34)57-54(58-53)61-48-25-13-7-19-38(48)39-20-8-14-26-49(39)61)27-28-45(36)60-47-24-12-10-22-41(47)43-30-42-40-21-9-11-23-46(40)59(50(42)31-51(43)60)37-17-5-2-6-18-37/h1-31H. The molecule has 0 aliphatic carbocycles. The first-order chi connectivity index (χ1) is 30.2. The number of para-hydroxylation sites is 5. The summed E-state index contributed by atoms with van der Waals surface area (Å²) in [7, 11) is 0. The summed E-state index contributed by atoms with van der Waals surface area (Å²) in [6.07, 6.45) is 0. The van der Waals surface area contributed by atoms with Gasteiger partial charge in [0, 0.05) is 49.1 Å². The topological polar surface area (TPSA) is 88.2 Å². The van der Waals surface area contributed by atoms with Crippen LogP contribution in [-0.4, -0.2) is 23.7 Å². The highest BCUT2D eigenvalue weighted by Crippen LogP contribution is 2.41.